The molecule has 0 saturated carbocycles. The van der Waals surface area contributed by atoms with Gasteiger partial charge in [0.2, 0.25) is 10.0 Å². The number of amides is 1. The third kappa shape index (κ3) is 3.83. The summed E-state index contributed by atoms with van der Waals surface area (Å²) in [7, 11) is -3.62. The Balaban J connectivity index is 1.89. The standard InChI is InChI=1S/C17H16BrFN2O4S/c1-10-3-6-15-14(7-10)21(26(2,23)24)9-16(25-15)17(22)20-13-5-4-11(18)8-12(13)19/h3-8,16H,9H2,1-2H3,(H,20,22). The number of nitrogens with zero attached hydrogens (tertiary/aromatic N) is 1. The molecule has 26 heavy (non-hydrogen) atoms. The van der Waals surface area contributed by atoms with E-state index in [0.717, 1.165) is 16.1 Å². The van der Waals surface area contributed by atoms with E-state index >= 15 is 0 Å². The molecule has 1 atom stereocenters. The van der Waals surface area contributed by atoms with E-state index in [2.05, 4.69) is 21.2 Å². The number of sulfonamides is 1. The monoisotopic (exact) mass is 442 g/mol. The first-order valence-electron chi connectivity index (χ1n) is 7.66. The SMILES string of the molecule is Cc1ccc2c(c1)N(S(C)(=O)=O)CC(C(=O)Nc1ccc(Br)cc1F)O2. The van der Waals surface area contributed by atoms with Crippen molar-refractivity contribution in [2.24, 2.45) is 0 Å². The molecule has 0 fully saturated rings. The quantitative estimate of drug-likeness (QED) is 0.792. The first-order valence-corrected chi connectivity index (χ1v) is 10.3. The van der Waals surface area contributed by atoms with Gasteiger partial charge < -0.3 is 10.1 Å². The number of aryl methyl sites for hydroxylation is 1. The van der Waals surface area contributed by atoms with Crippen LogP contribution in [0.1, 0.15) is 5.56 Å². The number of anilines is 2. The van der Waals surface area contributed by atoms with E-state index in [0.29, 0.717) is 10.2 Å². The smallest absolute Gasteiger partial charge is 0.267 e. The van der Waals surface area contributed by atoms with Gasteiger partial charge in [-0.05, 0) is 42.8 Å². The average Bonchev–Trinajstić information content (AvgIpc) is 2.55. The highest BCUT2D eigenvalue weighted by Gasteiger charge is 2.35. The minimum atomic E-state index is -3.62. The fraction of sp³-hybridized carbons (Fsp3) is 0.235. The Morgan fingerprint density at radius 3 is 2.69 bits per heavy atom. The normalized spacial score (nSPS) is 16.6. The maximum atomic E-state index is 13.9. The van der Waals surface area contributed by atoms with E-state index in [4.69, 9.17) is 4.74 Å². The van der Waals surface area contributed by atoms with Gasteiger partial charge in [-0.1, -0.05) is 22.0 Å². The molecule has 6 nitrogen and oxygen atoms in total. The van der Waals surface area contributed by atoms with Crippen LogP contribution in [0, 0.1) is 12.7 Å². The lowest BCUT2D eigenvalue weighted by molar-refractivity contribution is -0.122. The lowest BCUT2D eigenvalue weighted by Crippen LogP contribution is -2.48. The van der Waals surface area contributed by atoms with Crippen molar-refractivity contribution in [3.63, 3.8) is 0 Å². The van der Waals surface area contributed by atoms with Crippen LogP contribution in [0.25, 0.3) is 0 Å². The Bertz CT molecular complexity index is 981. The second-order valence-corrected chi connectivity index (χ2v) is 8.81. The summed E-state index contributed by atoms with van der Waals surface area (Å²) in [5, 5.41) is 2.44. The van der Waals surface area contributed by atoms with E-state index in [1.807, 2.05) is 6.92 Å². The predicted octanol–water partition coefficient (Wildman–Crippen LogP) is 3.06. The molecular formula is C17H16BrFN2O4S. The summed E-state index contributed by atoms with van der Waals surface area (Å²) < 4.78 is 45.6. The molecule has 1 N–H and O–H groups in total. The van der Waals surface area contributed by atoms with Gasteiger partial charge in [0.05, 0.1) is 24.2 Å². The Morgan fingerprint density at radius 1 is 1.31 bits per heavy atom. The van der Waals surface area contributed by atoms with Crippen molar-refractivity contribution in [2.75, 3.05) is 22.4 Å². The van der Waals surface area contributed by atoms with Crippen molar-refractivity contribution in [1.82, 2.24) is 0 Å². The summed E-state index contributed by atoms with van der Waals surface area (Å²) in [4.78, 5) is 12.5. The van der Waals surface area contributed by atoms with Crippen molar-refractivity contribution in [2.45, 2.75) is 13.0 Å². The van der Waals surface area contributed by atoms with Gasteiger partial charge in [0.15, 0.2) is 6.10 Å². The fourth-order valence-electron chi connectivity index (χ4n) is 2.62. The average molecular weight is 443 g/mol. The number of fused-ring (bicyclic) bond motifs is 1. The summed E-state index contributed by atoms with van der Waals surface area (Å²) >= 11 is 3.14. The molecule has 9 heteroatoms. The zero-order valence-corrected chi connectivity index (χ0v) is 16.4. The van der Waals surface area contributed by atoms with Crippen LogP contribution >= 0.6 is 15.9 Å². The highest BCUT2D eigenvalue weighted by Crippen LogP contribution is 2.36. The summed E-state index contributed by atoms with van der Waals surface area (Å²) in [5.41, 5.74) is 1.23. The zero-order chi connectivity index (χ0) is 19.1. The lowest BCUT2D eigenvalue weighted by atomic mass is 10.1. The third-order valence-corrected chi connectivity index (χ3v) is 5.51. The minimum absolute atomic E-state index is 0.0117. The Morgan fingerprint density at radius 2 is 2.04 bits per heavy atom. The topological polar surface area (TPSA) is 75.7 Å². The number of benzene rings is 2. The molecule has 1 heterocycles. The predicted molar refractivity (Wildman–Crippen MR) is 101 cm³/mol. The van der Waals surface area contributed by atoms with Crippen LogP contribution in [0.4, 0.5) is 15.8 Å². The van der Waals surface area contributed by atoms with E-state index in [-0.39, 0.29) is 18.0 Å². The Labute approximate surface area is 159 Å². The first kappa shape index (κ1) is 18.7. The van der Waals surface area contributed by atoms with E-state index in [1.165, 1.54) is 12.1 Å². The van der Waals surface area contributed by atoms with Crippen molar-refractivity contribution in [3.05, 3.63) is 52.3 Å². The number of ether oxygens (including phenoxy) is 1. The number of hydrogen-bond donors (Lipinski definition) is 1. The molecule has 1 unspecified atom stereocenters. The van der Waals surface area contributed by atoms with Gasteiger partial charge in [0, 0.05) is 4.47 Å². The molecule has 0 bridgehead atoms. The van der Waals surface area contributed by atoms with Crippen LogP contribution in [0.3, 0.4) is 0 Å². The molecule has 2 aromatic rings. The van der Waals surface area contributed by atoms with E-state index in [1.54, 1.807) is 24.3 Å². The summed E-state index contributed by atoms with van der Waals surface area (Å²) in [6, 6.07) is 9.26. The second kappa shape index (κ2) is 6.88. The molecular weight excluding hydrogens is 427 g/mol. The maximum absolute atomic E-state index is 13.9. The lowest BCUT2D eigenvalue weighted by Gasteiger charge is -2.34. The van der Waals surface area contributed by atoms with Crippen LogP contribution in [0.2, 0.25) is 0 Å². The molecule has 1 amide bonds. The number of carbonyl (C=O) groups is 1. The highest BCUT2D eigenvalue weighted by atomic mass is 79.9. The van der Waals surface area contributed by atoms with Gasteiger partial charge in [0.1, 0.15) is 11.6 Å². The highest BCUT2D eigenvalue weighted by molar-refractivity contribution is 9.10. The molecule has 2 aromatic carbocycles. The van der Waals surface area contributed by atoms with E-state index < -0.39 is 27.9 Å². The van der Waals surface area contributed by atoms with Crippen molar-refractivity contribution in [3.8, 4) is 5.75 Å². The van der Waals surface area contributed by atoms with Crippen LogP contribution in [0.5, 0.6) is 5.75 Å². The van der Waals surface area contributed by atoms with E-state index in [9.17, 15) is 17.6 Å². The number of nitrogens with one attached hydrogen (secondary N) is 1. The van der Waals surface area contributed by atoms with Crippen LogP contribution in [-0.2, 0) is 14.8 Å². The molecule has 1 aliphatic heterocycles. The first-order chi connectivity index (χ1) is 12.1. The van der Waals surface area contributed by atoms with Crippen LogP contribution < -0.4 is 14.4 Å². The third-order valence-electron chi connectivity index (χ3n) is 3.87. The summed E-state index contributed by atoms with van der Waals surface area (Å²) in [6.07, 6.45) is -0.0451. The molecule has 138 valence electrons. The van der Waals surface area contributed by atoms with Gasteiger partial charge in [0.25, 0.3) is 5.91 Å². The number of halogens is 2. The zero-order valence-electron chi connectivity index (χ0n) is 14.0. The minimum Gasteiger partial charge on any atom is -0.476 e. The Kier molecular flexibility index (Phi) is 4.94. The van der Waals surface area contributed by atoms with Crippen molar-refractivity contribution in [1.29, 1.82) is 0 Å². The summed E-state index contributed by atoms with van der Waals surface area (Å²) in [6.45, 7) is 1.63. The van der Waals surface area contributed by atoms with Gasteiger partial charge in [-0.15, -0.1) is 0 Å². The van der Waals surface area contributed by atoms with Gasteiger partial charge in [-0.25, -0.2) is 12.8 Å². The molecule has 0 spiro atoms. The number of rotatable bonds is 3. The van der Waals surface area contributed by atoms with Crippen LogP contribution in [-0.4, -0.2) is 33.2 Å². The number of carbonyl (C=O) groups excluding carboxylic acids is 1. The van der Waals surface area contributed by atoms with Gasteiger partial charge >= 0.3 is 0 Å². The summed E-state index contributed by atoms with van der Waals surface area (Å²) in [5.74, 6) is -0.964. The molecule has 3 rings (SSSR count). The van der Waals surface area contributed by atoms with Gasteiger partial charge in [-0.3, -0.25) is 9.10 Å². The molecule has 0 radical (unpaired) electrons. The largest absolute Gasteiger partial charge is 0.476 e. The van der Waals surface area contributed by atoms with Crippen molar-refractivity contribution >= 4 is 43.2 Å². The van der Waals surface area contributed by atoms with Crippen molar-refractivity contribution < 1.29 is 22.3 Å². The maximum Gasteiger partial charge on any atom is 0.267 e. The molecule has 0 aromatic heterocycles. The van der Waals surface area contributed by atoms with Crippen LogP contribution in [0.15, 0.2) is 40.9 Å². The number of hydrogen-bond acceptors (Lipinski definition) is 4. The molecule has 0 aliphatic carbocycles. The molecule has 1 aliphatic rings. The molecule has 0 saturated heterocycles. The Hall–Kier alpha value is -2.13. The van der Waals surface area contributed by atoms with Gasteiger partial charge in [-0.2, -0.15) is 0 Å². The fourth-order valence-corrected chi connectivity index (χ4v) is 3.86. The second-order valence-electron chi connectivity index (χ2n) is 5.99.